The molecule has 0 aliphatic rings. The molecule has 0 unspecified atom stereocenters. The number of nitrogens with zero attached hydrogens (tertiary/aromatic N) is 2. The van der Waals surface area contributed by atoms with Crippen molar-refractivity contribution in [2.45, 2.75) is 6.54 Å². The van der Waals surface area contributed by atoms with Crippen molar-refractivity contribution in [3.63, 3.8) is 0 Å². The molecule has 0 heterocycles. The molecule has 0 aromatic heterocycles. The maximum absolute atomic E-state index is 2.16. The summed E-state index contributed by atoms with van der Waals surface area (Å²) in [6.07, 6.45) is 0. The van der Waals surface area contributed by atoms with Crippen LogP contribution in [0.2, 0.25) is 0 Å². The van der Waals surface area contributed by atoms with Gasteiger partial charge in [-0.15, -0.1) is 0 Å². The number of hydrogen-bond acceptors (Lipinski definition) is 2. The van der Waals surface area contributed by atoms with Gasteiger partial charge in [-0.25, -0.2) is 10.0 Å². The van der Waals surface area contributed by atoms with Crippen molar-refractivity contribution in [3.05, 3.63) is 35.9 Å². The third kappa shape index (κ3) is 2.64. The van der Waals surface area contributed by atoms with Gasteiger partial charge in [0, 0.05) is 27.7 Å². The molecule has 0 radical (unpaired) electrons. The Morgan fingerprint density at radius 2 is 1.58 bits per heavy atom. The summed E-state index contributed by atoms with van der Waals surface area (Å²) < 4.78 is 0. The van der Waals surface area contributed by atoms with Crippen LogP contribution >= 0.6 is 0 Å². The Morgan fingerprint density at radius 1 is 1.00 bits per heavy atom. The molecule has 1 aromatic carbocycles. The molecule has 0 atom stereocenters. The second-order valence-corrected chi connectivity index (χ2v) is 3.15. The summed E-state index contributed by atoms with van der Waals surface area (Å²) in [4.78, 5) is 0. The van der Waals surface area contributed by atoms with Crippen molar-refractivity contribution >= 4 is 0 Å². The zero-order valence-electron chi connectivity index (χ0n) is 7.99. The first kappa shape index (κ1) is 9.23. The minimum atomic E-state index is 0.966. The van der Waals surface area contributed by atoms with Crippen molar-refractivity contribution in [1.82, 2.24) is 10.0 Å². The van der Waals surface area contributed by atoms with E-state index in [9.17, 15) is 0 Å². The predicted octanol–water partition coefficient (Wildman–Crippen LogP) is 1.59. The van der Waals surface area contributed by atoms with Gasteiger partial charge in [0.1, 0.15) is 0 Å². The van der Waals surface area contributed by atoms with E-state index in [-0.39, 0.29) is 0 Å². The SMILES string of the molecule is CN(C)N(C)Cc1ccccc1. The van der Waals surface area contributed by atoms with Crippen molar-refractivity contribution in [2.75, 3.05) is 21.1 Å². The number of hydrazine groups is 1. The quantitative estimate of drug-likeness (QED) is 0.626. The summed E-state index contributed by atoms with van der Waals surface area (Å²) in [7, 11) is 6.17. The highest BCUT2D eigenvalue weighted by Crippen LogP contribution is 2.02. The van der Waals surface area contributed by atoms with Gasteiger partial charge in [-0.1, -0.05) is 30.3 Å². The third-order valence-electron chi connectivity index (χ3n) is 1.94. The highest BCUT2D eigenvalue weighted by atomic mass is 15.6. The number of benzene rings is 1. The van der Waals surface area contributed by atoms with Crippen molar-refractivity contribution in [3.8, 4) is 0 Å². The molecule has 0 spiro atoms. The fourth-order valence-corrected chi connectivity index (χ4v) is 0.989. The minimum absolute atomic E-state index is 0.966. The highest BCUT2D eigenvalue weighted by Gasteiger charge is 1.99. The molecule has 12 heavy (non-hydrogen) atoms. The van der Waals surface area contributed by atoms with Gasteiger partial charge in [0.15, 0.2) is 0 Å². The Labute approximate surface area is 74.4 Å². The van der Waals surface area contributed by atoms with E-state index in [4.69, 9.17) is 0 Å². The maximum Gasteiger partial charge on any atom is 0.0380 e. The topological polar surface area (TPSA) is 6.48 Å². The van der Waals surface area contributed by atoms with E-state index in [1.165, 1.54) is 5.56 Å². The standard InChI is InChI=1S/C10H16N2/c1-11(2)12(3)9-10-7-5-4-6-8-10/h4-8H,9H2,1-3H3. The first-order valence-electron chi connectivity index (χ1n) is 4.12. The number of rotatable bonds is 3. The molecule has 0 bridgehead atoms. The summed E-state index contributed by atoms with van der Waals surface area (Å²) in [6, 6.07) is 10.5. The lowest BCUT2D eigenvalue weighted by Gasteiger charge is -2.23. The molecule has 1 rings (SSSR count). The molecule has 1 aromatic rings. The molecule has 0 aliphatic heterocycles. The van der Waals surface area contributed by atoms with Crippen LogP contribution in [0.3, 0.4) is 0 Å². The largest absolute Gasteiger partial charge is 0.248 e. The van der Waals surface area contributed by atoms with Crippen LogP contribution in [0.1, 0.15) is 5.56 Å². The van der Waals surface area contributed by atoms with E-state index in [2.05, 4.69) is 41.3 Å². The summed E-state index contributed by atoms with van der Waals surface area (Å²) in [6.45, 7) is 0.966. The molecular formula is C10H16N2. The van der Waals surface area contributed by atoms with Crippen LogP contribution in [0.4, 0.5) is 0 Å². The van der Waals surface area contributed by atoms with Gasteiger partial charge in [0.05, 0.1) is 0 Å². The lowest BCUT2D eigenvalue weighted by atomic mass is 10.2. The minimum Gasteiger partial charge on any atom is -0.248 e. The van der Waals surface area contributed by atoms with Gasteiger partial charge in [0.25, 0.3) is 0 Å². The average molecular weight is 164 g/mol. The second kappa shape index (κ2) is 4.24. The van der Waals surface area contributed by atoms with E-state index in [1.54, 1.807) is 0 Å². The zero-order valence-corrected chi connectivity index (χ0v) is 7.99. The molecule has 66 valence electrons. The Morgan fingerprint density at radius 3 is 2.08 bits per heavy atom. The van der Waals surface area contributed by atoms with E-state index in [0.29, 0.717) is 0 Å². The van der Waals surface area contributed by atoms with Crippen LogP contribution in [0.25, 0.3) is 0 Å². The predicted molar refractivity (Wildman–Crippen MR) is 51.6 cm³/mol. The molecule has 2 nitrogen and oxygen atoms in total. The summed E-state index contributed by atoms with van der Waals surface area (Å²) in [5, 5.41) is 4.24. The van der Waals surface area contributed by atoms with E-state index < -0.39 is 0 Å². The van der Waals surface area contributed by atoms with Gasteiger partial charge >= 0.3 is 0 Å². The Hall–Kier alpha value is -0.860. The van der Waals surface area contributed by atoms with Crippen LogP contribution < -0.4 is 0 Å². The molecular weight excluding hydrogens is 148 g/mol. The van der Waals surface area contributed by atoms with Gasteiger partial charge < -0.3 is 0 Å². The van der Waals surface area contributed by atoms with Crippen LogP contribution in [0, 0.1) is 0 Å². The number of hydrogen-bond donors (Lipinski definition) is 0. The van der Waals surface area contributed by atoms with E-state index in [0.717, 1.165) is 6.54 Å². The highest BCUT2D eigenvalue weighted by molar-refractivity contribution is 5.14. The Bertz CT molecular complexity index is 219. The summed E-state index contributed by atoms with van der Waals surface area (Å²) in [5.41, 5.74) is 1.34. The fraction of sp³-hybridized carbons (Fsp3) is 0.400. The molecule has 0 N–H and O–H groups in total. The van der Waals surface area contributed by atoms with E-state index in [1.807, 2.05) is 20.2 Å². The molecule has 0 amide bonds. The fourth-order valence-electron chi connectivity index (χ4n) is 0.989. The normalized spacial score (nSPS) is 11.1. The maximum atomic E-state index is 2.16. The van der Waals surface area contributed by atoms with Crippen LogP contribution in [-0.4, -0.2) is 31.2 Å². The molecule has 0 fully saturated rings. The van der Waals surface area contributed by atoms with Crippen molar-refractivity contribution in [1.29, 1.82) is 0 Å². The van der Waals surface area contributed by atoms with Crippen molar-refractivity contribution < 1.29 is 0 Å². The Kier molecular flexibility index (Phi) is 3.26. The summed E-state index contributed by atoms with van der Waals surface area (Å²) in [5.74, 6) is 0. The van der Waals surface area contributed by atoms with Gasteiger partial charge in [-0.05, 0) is 5.56 Å². The molecule has 0 saturated heterocycles. The second-order valence-electron chi connectivity index (χ2n) is 3.15. The van der Waals surface area contributed by atoms with Crippen molar-refractivity contribution in [2.24, 2.45) is 0 Å². The molecule has 2 heteroatoms. The van der Waals surface area contributed by atoms with Crippen LogP contribution in [0.15, 0.2) is 30.3 Å². The van der Waals surface area contributed by atoms with Crippen LogP contribution in [-0.2, 0) is 6.54 Å². The van der Waals surface area contributed by atoms with Gasteiger partial charge in [-0.3, -0.25) is 0 Å². The molecule has 0 aliphatic carbocycles. The van der Waals surface area contributed by atoms with Gasteiger partial charge in [-0.2, -0.15) is 0 Å². The van der Waals surface area contributed by atoms with Gasteiger partial charge in [0.2, 0.25) is 0 Å². The first-order chi connectivity index (χ1) is 5.70. The lowest BCUT2D eigenvalue weighted by molar-refractivity contribution is 0.0476. The Balaban J connectivity index is 2.53. The lowest BCUT2D eigenvalue weighted by Crippen LogP contribution is -2.32. The van der Waals surface area contributed by atoms with Crippen LogP contribution in [0.5, 0.6) is 0 Å². The summed E-state index contributed by atoms with van der Waals surface area (Å²) >= 11 is 0. The average Bonchev–Trinajstić information content (AvgIpc) is 2.06. The van der Waals surface area contributed by atoms with E-state index >= 15 is 0 Å². The monoisotopic (exact) mass is 164 g/mol. The third-order valence-corrected chi connectivity index (χ3v) is 1.94. The first-order valence-corrected chi connectivity index (χ1v) is 4.12. The zero-order chi connectivity index (χ0) is 8.97. The smallest absolute Gasteiger partial charge is 0.0380 e. The molecule has 0 saturated carbocycles.